The van der Waals surface area contributed by atoms with Gasteiger partial charge in [0.1, 0.15) is 12.4 Å². The number of benzene rings is 1. The molecular weight excluding hydrogens is 411 g/mol. The number of ether oxygens (including phenoxy) is 1. The fourth-order valence-electron chi connectivity index (χ4n) is 4.89. The average molecular weight is 447 g/mol. The average Bonchev–Trinajstić information content (AvgIpc) is 3.20. The van der Waals surface area contributed by atoms with Crippen LogP contribution >= 0.6 is 0 Å². The number of piperazine rings is 1. The molecule has 2 aromatic rings. The number of carbonyl (C=O) groups excluding carboxylic acids is 1. The molecule has 1 aromatic heterocycles. The van der Waals surface area contributed by atoms with Gasteiger partial charge in [0.25, 0.3) is 0 Å². The fourth-order valence-corrected chi connectivity index (χ4v) is 4.89. The molecule has 0 bridgehead atoms. The van der Waals surface area contributed by atoms with Crippen LogP contribution in [0.1, 0.15) is 44.6 Å². The topological polar surface area (TPSA) is 70.8 Å². The van der Waals surface area contributed by atoms with E-state index in [2.05, 4.69) is 20.3 Å². The fraction of sp³-hybridized carbons (Fsp3) is 0.667. The lowest BCUT2D eigenvalue weighted by Gasteiger charge is -2.36. The molecule has 1 aliphatic heterocycles. The maximum atomic E-state index is 13.8. The lowest BCUT2D eigenvalue weighted by Crippen LogP contribution is -2.47. The number of aromatic nitrogens is 1. The Bertz CT molecular complexity index is 902. The molecule has 7 nitrogen and oxygen atoms in total. The van der Waals surface area contributed by atoms with E-state index in [0.717, 1.165) is 62.7 Å². The van der Waals surface area contributed by atoms with Crippen molar-refractivity contribution in [3.05, 3.63) is 23.5 Å². The van der Waals surface area contributed by atoms with Gasteiger partial charge in [0, 0.05) is 44.9 Å². The van der Waals surface area contributed by atoms with Crippen molar-refractivity contribution in [2.45, 2.75) is 52.0 Å². The van der Waals surface area contributed by atoms with E-state index in [1.807, 2.05) is 13.0 Å². The first-order valence-corrected chi connectivity index (χ1v) is 11.9. The molecule has 8 heteroatoms. The van der Waals surface area contributed by atoms with Crippen LogP contribution in [0, 0.1) is 18.7 Å². The highest BCUT2D eigenvalue weighted by Gasteiger charge is 2.25. The van der Waals surface area contributed by atoms with Gasteiger partial charge in [-0.3, -0.25) is 9.69 Å². The molecule has 1 saturated heterocycles. The Morgan fingerprint density at radius 1 is 1.22 bits per heavy atom. The molecule has 1 aliphatic carbocycles. The number of anilines is 1. The van der Waals surface area contributed by atoms with Gasteiger partial charge in [-0.1, -0.05) is 5.16 Å². The highest BCUT2D eigenvalue weighted by atomic mass is 19.1. The quantitative estimate of drug-likeness (QED) is 0.669. The van der Waals surface area contributed by atoms with E-state index in [-0.39, 0.29) is 18.3 Å². The molecular formula is C24H35FN4O3. The molecule has 1 N–H and O–H groups in total. The first kappa shape index (κ1) is 23.0. The number of fused-ring (bicyclic) bond motifs is 1. The first-order chi connectivity index (χ1) is 15.5. The number of nitrogens with zero attached hydrogens (tertiary/aromatic N) is 3. The molecule has 4 rings (SSSR count). The van der Waals surface area contributed by atoms with Crippen molar-refractivity contribution in [2.24, 2.45) is 5.92 Å². The van der Waals surface area contributed by atoms with E-state index >= 15 is 0 Å². The zero-order chi connectivity index (χ0) is 22.5. The van der Waals surface area contributed by atoms with E-state index < -0.39 is 0 Å². The second-order valence-electron chi connectivity index (χ2n) is 9.14. The molecule has 2 aliphatic rings. The summed E-state index contributed by atoms with van der Waals surface area (Å²) in [6, 6.07) is 3.56. The first-order valence-electron chi connectivity index (χ1n) is 11.9. The van der Waals surface area contributed by atoms with Gasteiger partial charge in [-0.15, -0.1) is 0 Å². The molecule has 0 unspecified atom stereocenters. The summed E-state index contributed by atoms with van der Waals surface area (Å²) in [5.74, 6) is 1.32. The number of rotatable bonds is 8. The summed E-state index contributed by atoms with van der Waals surface area (Å²) in [6.07, 6.45) is 5.71. The SMILES string of the molecule is CCOCC(=O)NC1CCC(CCN2CCN(c3noc4cc(F)c(C)cc34)CC2)CC1. The molecule has 1 aromatic carbocycles. The summed E-state index contributed by atoms with van der Waals surface area (Å²) >= 11 is 0. The molecule has 32 heavy (non-hydrogen) atoms. The van der Waals surface area contributed by atoms with E-state index in [1.165, 1.54) is 25.3 Å². The van der Waals surface area contributed by atoms with Gasteiger partial charge in [-0.2, -0.15) is 0 Å². The van der Waals surface area contributed by atoms with Crippen molar-refractivity contribution in [2.75, 3.05) is 50.8 Å². The Labute approximate surface area is 189 Å². The normalized spacial score (nSPS) is 22.4. The minimum Gasteiger partial charge on any atom is -0.372 e. The number of hydrogen-bond acceptors (Lipinski definition) is 6. The zero-order valence-electron chi connectivity index (χ0n) is 19.2. The summed E-state index contributed by atoms with van der Waals surface area (Å²) in [7, 11) is 0. The van der Waals surface area contributed by atoms with Crippen LogP contribution in [-0.2, 0) is 9.53 Å². The molecule has 176 valence electrons. The number of amides is 1. The van der Waals surface area contributed by atoms with Gasteiger partial charge in [0.05, 0.1) is 5.39 Å². The third-order valence-electron chi connectivity index (χ3n) is 6.91. The summed E-state index contributed by atoms with van der Waals surface area (Å²) < 4.78 is 24.3. The Morgan fingerprint density at radius 2 is 1.97 bits per heavy atom. The van der Waals surface area contributed by atoms with Gasteiger partial charge < -0.3 is 19.5 Å². The minimum absolute atomic E-state index is 0.00774. The van der Waals surface area contributed by atoms with Crippen LogP contribution < -0.4 is 10.2 Å². The van der Waals surface area contributed by atoms with Crippen LogP contribution in [0.15, 0.2) is 16.7 Å². The van der Waals surface area contributed by atoms with E-state index in [0.29, 0.717) is 23.8 Å². The zero-order valence-corrected chi connectivity index (χ0v) is 19.2. The lowest BCUT2D eigenvalue weighted by atomic mass is 9.84. The Kier molecular flexibility index (Phi) is 7.63. The van der Waals surface area contributed by atoms with Gasteiger partial charge in [-0.05, 0) is 70.0 Å². The van der Waals surface area contributed by atoms with E-state index in [9.17, 15) is 9.18 Å². The third-order valence-corrected chi connectivity index (χ3v) is 6.91. The predicted octanol–water partition coefficient (Wildman–Crippen LogP) is 3.50. The second-order valence-corrected chi connectivity index (χ2v) is 9.14. The second kappa shape index (κ2) is 10.6. The summed E-state index contributed by atoms with van der Waals surface area (Å²) in [6.45, 7) is 9.32. The van der Waals surface area contributed by atoms with Crippen molar-refractivity contribution in [3.63, 3.8) is 0 Å². The largest absolute Gasteiger partial charge is 0.372 e. The molecule has 1 amide bonds. The third kappa shape index (κ3) is 5.59. The van der Waals surface area contributed by atoms with Crippen LogP contribution in [0.3, 0.4) is 0 Å². The van der Waals surface area contributed by atoms with Gasteiger partial charge >= 0.3 is 0 Å². The molecule has 0 atom stereocenters. The Balaban J connectivity index is 1.18. The van der Waals surface area contributed by atoms with Crippen molar-refractivity contribution in [1.82, 2.24) is 15.4 Å². The highest BCUT2D eigenvalue weighted by molar-refractivity contribution is 5.89. The van der Waals surface area contributed by atoms with Crippen LogP contribution in [0.5, 0.6) is 0 Å². The number of halogens is 1. The summed E-state index contributed by atoms with van der Waals surface area (Å²) in [5, 5.41) is 8.21. The standard InChI is InChI=1S/C24H35FN4O3/c1-3-31-16-23(30)26-19-6-4-18(5-7-19)8-9-28-10-12-29(13-11-28)24-20-14-17(2)21(25)15-22(20)32-27-24/h14-15,18-19H,3-13,16H2,1-2H3,(H,26,30). The van der Waals surface area contributed by atoms with E-state index in [4.69, 9.17) is 9.26 Å². The van der Waals surface area contributed by atoms with Gasteiger partial charge in [0.2, 0.25) is 5.91 Å². The van der Waals surface area contributed by atoms with Gasteiger partial charge in [0.15, 0.2) is 11.4 Å². The molecule has 1 saturated carbocycles. The number of aryl methyl sites for hydroxylation is 1. The molecule has 2 heterocycles. The van der Waals surface area contributed by atoms with Crippen LogP contribution in [0.4, 0.5) is 10.2 Å². The van der Waals surface area contributed by atoms with Crippen molar-refractivity contribution < 1.29 is 18.4 Å². The maximum absolute atomic E-state index is 13.8. The smallest absolute Gasteiger partial charge is 0.246 e. The molecule has 2 fully saturated rings. The predicted molar refractivity (Wildman–Crippen MR) is 122 cm³/mol. The van der Waals surface area contributed by atoms with Crippen LogP contribution in [-0.4, -0.2) is 67.9 Å². The number of carbonyl (C=O) groups is 1. The monoisotopic (exact) mass is 446 g/mol. The highest BCUT2D eigenvalue weighted by Crippen LogP contribution is 2.30. The lowest BCUT2D eigenvalue weighted by molar-refractivity contribution is -0.126. The minimum atomic E-state index is -0.257. The summed E-state index contributed by atoms with van der Waals surface area (Å²) in [5.41, 5.74) is 1.12. The van der Waals surface area contributed by atoms with Crippen LogP contribution in [0.2, 0.25) is 0 Å². The molecule has 0 radical (unpaired) electrons. The van der Waals surface area contributed by atoms with Crippen LogP contribution in [0.25, 0.3) is 11.0 Å². The Morgan fingerprint density at radius 3 is 2.69 bits per heavy atom. The summed E-state index contributed by atoms with van der Waals surface area (Å²) in [4.78, 5) is 16.6. The van der Waals surface area contributed by atoms with Gasteiger partial charge in [-0.25, -0.2) is 4.39 Å². The number of hydrogen-bond donors (Lipinski definition) is 1. The maximum Gasteiger partial charge on any atom is 0.246 e. The Hall–Kier alpha value is -2.19. The molecule has 0 spiro atoms. The van der Waals surface area contributed by atoms with E-state index in [1.54, 1.807) is 6.92 Å². The van der Waals surface area contributed by atoms with Crippen molar-refractivity contribution >= 4 is 22.7 Å². The number of nitrogens with one attached hydrogen (secondary N) is 1. The van der Waals surface area contributed by atoms with Crippen molar-refractivity contribution in [3.8, 4) is 0 Å². The van der Waals surface area contributed by atoms with Crippen molar-refractivity contribution in [1.29, 1.82) is 0 Å².